The highest BCUT2D eigenvalue weighted by Gasteiger charge is 2.18. The minimum atomic E-state index is -0.223. The first kappa shape index (κ1) is 11.5. The van der Waals surface area contributed by atoms with Crippen LogP contribution >= 0.6 is 0 Å². The quantitative estimate of drug-likeness (QED) is 0.868. The molecule has 1 aromatic heterocycles. The van der Waals surface area contributed by atoms with Gasteiger partial charge in [-0.05, 0) is 55.8 Å². The fraction of sp³-hybridized carbons (Fsp3) is 0.333. The number of halogens is 1. The maximum absolute atomic E-state index is 12.9. The summed E-state index contributed by atoms with van der Waals surface area (Å²) in [6.07, 6.45) is 3.60. The number of piperidine rings is 1. The molecule has 0 bridgehead atoms. The Morgan fingerprint density at radius 1 is 1.06 bits per heavy atom. The van der Waals surface area contributed by atoms with E-state index in [9.17, 15) is 4.39 Å². The zero-order valence-corrected chi connectivity index (χ0v) is 10.2. The second-order valence-corrected chi connectivity index (χ2v) is 4.71. The van der Waals surface area contributed by atoms with Crippen LogP contribution in [0.2, 0.25) is 0 Å². The molecule has 2 aromatic rings. The van der Waals surface area contributed by atoms with Crippen LogP contribution in [0.15, 0.2) is 40.8 Å². The van der Waals surface area contributed by atoms with Crippen molar-refractivity contribution in [1.29, 1.82) is 0 Å². The van der Waals surface area contributed by atoms with Crippen molar-refractivity contribution in [2.24, 2.45) is 0 Å². The monoisotopic (exact) mass is 245 g/mol. The molecule has 1 fully saturated rings. The van der Waals surface area contributed by atoms with Gasteiger partial charge in [0, 0.05) is 5.56 Å². The Hall–Kier alpha value is -1.61. The standard InChI is InChI=1S/C15H16FNO/c16-12-6-4-11(5-7-12)14-8-9-15(18-14)13-3-1-2-10-17-13/h4-9,13,17H,1-3,10H2/t13-/m0/s1. The van der Waals surface area contributed by atoms with Gasteiger partial charge in [0.05, 0.1) is 6.04 Å². The van der Waals surface area contributed by atoms with Crippen molar-refractivity contribution in [2.75, 3.05) is 6.54 Å². The van der Waals surface area contributed by atoms with E-state index >= 15 is 0 Å². The third kappa shape index (κ3) is 2.31. The highest BCUT2D eigenvalue weighted by molar-refractivity contribution is 5.57. The number of furan rings is 1. The SMILES string of the molecule is Fc1ccc(-c2ccc([C@@H]3CCCCN3)o2)cc1. The molecule has 94 valence electrons. The van der Waals surface area contributed by atoms with E-state index in [1.165, 1.54) is 25.0 Å². The van der Waals surface area contributed by atoms with E-state index in [2.05, 4.69) is 5.32 Å². The molecule has 0 unspecified atom stereocenters. The first-order chi connectivity index (χ1) is 8.83. The summed E-state index contributed by atoms with van der Waals surface area (Å²) >= 11 is 0. The molecule has 3 rings (SSSR count). The lowest BCUT2D eigenvalue weighted by Crippen LogP contribution is -2.26. The van der Waals surface area contributed by atoms with Crippen LogP contribution in [-0.2, 0) is 0 Å². The van der Waals surface area contributed by atoms with E-state index in [1.807, 2.05) is 12.1 Å². The lowest BCUT2D eigenvalue weighted by molar-refractivity contribution is 0.353. The van der Waals surface area contributed by atoms with Crippen molar-refractivity contribution in [2.45, 2.75) is 25.3 Å². The van der Waals surface area contributed by atoms with Crippen molar-refractivity contribution in [3.8, 4) is 11.3 Å². The normalized spacial score (nSPS) is 19.9. The van der Waals surface area contributed by atoms with Crippen LogP contribution in [0.4, 0.5) is 4.39 Å². The van der Waals surface area contributed by atoms with Gasteiger partial charge in [-0.25, -0.2) is 4.39 Å². The predicted octanol–water partition coefficient (Wildman–Crippen LogP) is 3.90. The molecule has 1 N–H and O–H groups in total. The Bertz CT molecular complexity index is 512. The summed E-state index contributed by atoms with van der Waals surface area (Å²) < 4.78 is 18.7. The van der Waals surface area contributed by atoms with Gasteiger partial charge in [-0.1, -0.05) is 6.42 Å². The number of hydrogen-bond acceptors (Lipinski definition) is 2. The number of nitrogens with one attached hydrogen (secondary N) is 1. The average molecular weight is 245 g/mol. The molecule has 1 aliphatic heterocycles. The lowest BCUT2D eigenvalue weighted by Gasteiger charge is -2.21. The second-order valence-electron chi connectivity index (χ2n) is 4.71. The fourth-order valence-electron chi connectivity index (χ4n) is 2.40. The van der Waals surface area contributed by atoms with E-state index in [0.717, 1.165) is 30.0 Å². The van der Waals surface area contributed by atoms with Gasteiger partial charge in [0.2, 0.25) is 0 Å². The van der Waals surface area contributed by atoms with E-state index in [0.29, 0.717) is 6.04 Å². The zero-order valence-electron chi connectivity index (χ0n) is 10.2. The summed E-state index contributed by atoms with van der Waals surface area (Å²) in [6, 6.07) is 10.7. The topological polar surface area (TPSA) is 25.2 Å². The van der Waals surface area contributed by atoms with E-state index < -0.39 is 0 Å². The smallest absolute Gasteiger partial charge is 0.134 e. The Morgan fingerprint density at radius 2 is 1.89 bits per heavy atom. The van der Waals surface area contributed by atoms with Crippen LogP contribution < -0.4 is 5.32 Å². The Morgan fingerprint density at radius 3 is 2.61 bits per heavy atom. The average Bonchev–Trinajstić information content (AvgIpc) is 2.90. The number of benzene rings is 1. The molecule has 18 heavy (non-hydrogen) atoms. The summed E-state index contributed by atoms with van der Waals surface area (Å²) in [5, 5.41) is 3.46. The first-order valence-corrected chi connectivity index (χ1v) is 6.42. The molecular formula is C15H16FNO. The maximum atomic E-state index is 12.9. The third-order valence-corrected chi connectivity index (χ3v) is 3.41. The molecule has 0 aliphatic carbocycles. The van der Waals surface area contributed by atoms with Crippen LogP contribution in [0.5, 0.6) is 0 Å². The van der Waals surface area contributed by atoms with E-state index in [1.54, 1.807) is 12.1 Å². The number of hydrogen-bond donors (Lipinski definition) is 1. The summed E-state index contributed by atoms with van der Waals surface area (Å²) in [6.45, 7) is 1.05. The molecule has 0 amide bonds. The molecule has 3 heteroatoms. The van der Waals surface area contributed by atoms with Crippen molar-refractivity contribution >= 4 is 0 Å². The second kappa shape index (κ2) is 4.94. The van der Waals surface area contributed by atoms with Gasteiger partial charge in [0.25, 0.3) is 0 Å². The van der Waals surface area contributed by atoms with Gasteiger partial charge in [-0.15, -0.1) is 0 Å². The van der Waals surface area contributed by atoms with Crippen LogP contribution in [0.25, 0.3) is 11.3 Å². The molecule has 1 atom stereocenters. The van der Waals surface area contributed by atoms with Crippen molar-refractivity contribution < 1.29 is 8.81 Å². The van der Waals surface area contributed by atoms with Gasteiger partial charge in [0.15, 0.2) is 0 Å². The Labute approximate surface area is 106 Å². The highest BCUT2D eigenvalue weighted by Crippen LogP contribution is 2.29. The van der Waals surface area contributed by atoms with E-state index in [4.69, 9.17) is 4.42 Å². The van der Waals surface area contributed by atoms with Crippen LogP contribution in [0.1, 0.15) is 31.1 Å². The minimum absolute atomic E-state index is 0.223. The zero-order chi connectivity index (χ0) is 12.4. The molecule has 0 spiro atoms. The fourth-order valence-corrected chi connectivity index (χ4v) is 2.40. The molecule has 2 heterocycles. The van der Waals surface area contributed by atoms with Crippen LogP contribution in [-0.4, -0.2) is 6.54 Å². The summed E-state index contributed by atoms with van der Waals surface area (Å²) in [5.74, 6) is 1.56. The van der Waals surface area contributed by atoms with Crippen LogP contribution in [0.3, 0.4) is 0 Å². The molecule has 2 nitrogen and oxygen atoms in total. The van der Waals surface area contributed by atoms with Crippen LogP contribution in [0, 0.1) is 5.82 Å². The Kier molecular flexibility index (Phi) is 3.15. The van der Waals surface area contributed by atoms with E-state index in [-0.39, 0.29) is 5.82 Å². The summed E-state index contributed by atoms with van der Waals surface area (Å²) in [5.41, 5.74) is 0.915. The van der Waals surface area contributed by atoms with Gasteiger partial charge < -0.3 is 9.73 Å². The maximum Gasteiger partial charge on any atom is 0.134 e. The molecule has 1 aliphatic rings. The van der Waals surface area contributed by atoms with Gasteiger partial charge in [-0.3, -0.25) is 0 Å². The molecule has 0 saturated carbocycles. The van der Waals surface area contributed by atoms with Crippen molar-refractivity contribution in [3.63, 3.8) is 0 Å². The lowest BCUT2D eigenvalue weighted by atomic mass is 10.0. The molecule has 1 saturated heterocycles. The minimum Gasteiger partial charge on any atom is -0.459 e. The van der Waals surface area contributed by atoms with Crippen molar-refractivity contribution in [3.05, 3.63) is 48.0 Å². The Balaban J connectivity index is 1.82. The highest BCUT2D eigenvalue weighted by atomic mass is 19.1. The van der Waals surface area contributed by atoms with Gasteiger partial charge in [0.1, 0.15) is 17.3 Å². The van der Waals surface area contributed by atoms with Crippen molar-refractivity contribution in [1.82, 2.24) is 5.32 Å². The largest absolute Gasteiger partial charge is 0.459 e. The first-order valence-electron chi connectivity index (χ1n) is 6.42. The number of rotatable bonds is 2. The molecule has 0 radical (unpaired) electrons. The molecular weight excluding hydrogens is 229 g/mol. The van der Waals surface area contributed by atoms with Gasteiger partial charge >= 0.3 is 0 Å². The predicted molar refractivity (Wildman–Crippen MR) is 68.7 cm³/mol. The molecule has 1 aromatic carbocycles. The summed E-state index contributed by atoms with van der Waals surface area (Å²) in [7, 11) is 0. The van der Waals surface area contributed by atoms with Gasteiger partial charge in [-0.2, -0.15) is 0 Å². The third-order valence-electron chi connectivity index (χ3n) is 3.41. The summed E-state index contributed by atoms with van der Waals surface area (Å²) in [4.78, 5) is 0.